The number of thioether (sulfide) groups is 1. The van der Waals surface area contributed by atoms with E-state index in [2.05, 4.69) is 0 Å². The zero-order valence-corrected chi connectivity index (χ0v) is 16.9. The van der Waals surface area contributed by atoms with Crippen molar-refractivity contribution < 1.29 is 24.0 Å². The first-order valence-electron chi connectivity index (χ1n) is 8.19. The van der Waals surface area contributed by atoms with E-state index in [0.717, 1.165) is 11.8 Å². The minimum atomic E-state index is -0.513. The maximum absolute atomic E-state index is 12.8. The molecule has 0 aromatic heterocycles. The van der Waals surface area contributed by atoms with Crippen LogP contribution >= 0.6 is 24.0 Å². The van der Waals surface area contributed by atoms with Gasteiger partial charge in [0.15, 0.2) is 15.8 Å². The summed E-state index contributed by atoms with van der Waals surface area (Å²) in [5, 5.41) is 10.8. The number of hydrogen-bond acceptors (Lipinski definition) is 8. The Bertz CT molecular complexity index is 1050. The van der Waals surface area contributed by atoms with Gasteiger partial charge in [-0.3, -0.25) is 24.6 Å². The number of anilines is 1. The average molecular weight is 430 g/mol. The van der Waals surface area contributed by atoms with Crippen molar-refractivity contribution in [2.24, 2.45) is 0 Å². The Morgan fingerprint density at radius 2 is 1.90 bits per heavy atom. The Hall–Kier alpha value is -3.24. The van der Waals surface area contributed by atoms with Gasteiger partial charge in [0.05, 0.1) is 22.6 Å². The lowest BCUT2D eigenvalue weighted by atomic mass is 10.1. The van der Waals surface area contributed by atoms with E-state index in [1.54, 1.807) is 24.3 Å². The van der Waals surface area contributed by atoms with Crippen molar-refractivity contribution in [3.8, 4) is 11.5 Å². The van der Waals surface area contributed by atoms with E-state index < -0.39 is 10.9 Å². The number of hydrogen-bond donors (Lipinski definition) is 0. The van der Waals surface area contributed by atoms with E-state index >= 15 is 0 Å². The molecule has 2 aromatic rings. The number of esters is 1. The molecule has 1 amide bonds. The SMILES string of the molecule is COc1cc(/C=C2/SC(=S)N(c3ccc([N+](=O)[O-])cc3)C2=O)ccc1OC(C)=O. The predicted molar refractivity (Wildman–Crippen MR) is 113 cm³/mol. The molecule has 1 saturated heterocycles. The molecular formula is C19H14N2O6S2. The Morgan fingerprint density at radius 3 is 2.48 bits per heavy atom. The van der Waals surface area contributed by atoms with E-state index in [1.165, 1.54) is 43.2 Å². The summed E-state index contributed by atoms with van der Waals surface area (Å²) in [6, 6.07) is 10.5. The number of benzene rings is 2. The lowest BCUT2D eigenvalue weighted by Gasteiger charge is -2.14. The number of methoxy groups -OCH3 is 1. The standard InChI is InChI=1S/C19H14N2O6S2/c1-11(22)27-15-8-3-12(9-16(15)26-2)10-17-18(23)20(19(28)29-17)13-4-6-14(7-5-13)21(24)25/h3-10H,1-2H3/b17-10+. The third-order valence-corrected chi connectivity index (χ3v) is 5.15. The second-order valence-corrected chi connectivity index (χ2v) is 7.47. The Balaban J connectivity index is 1.88. The highest BCUT2D eigenvalue weighted by atomic mass is 32.2. The van der Waals surface area contributed by atoms with Gasteiger partial charge in [0.1, 0.15) is 0 Å². The fraction of sp³-hybridized carbons (Fsp3) is 0.105. The summed E-state index contributed by atoms with van der Waals surface area (Å²) < 4.78 is 10.6. The molecule has 29 heavy (non-hydrogen) atoms. The van der Waals surface area contributed by atoms with Crippen molar-refractivity contribution in [1.29, 1.82) is 0 Å². The molecule has 1 aliphatic rings. The summed E-state index contributed by atoms with van der Waals surface area (Å²) in [5.41, 5.74) is 1.03. The summed E-state index contributed by atoms with van der Waals surface area (Å²) in [6.45, 7) is 1.29. The smallest absolute Gasteiger partial charge is 0.308 e. The summed E-state index contributed by atoms with van der Waals surface area (Å²) in [4.78, 5) is 36.0. The first-order valence-corrected chi connectivity index (χ1v) is 9.41. The molecule has 0 atom stereocenters. The number of nitro groups is 1. The minimum absolute atomic E-state index is 0.0744. The zero-order valence-electron chi connectivity index (χ0n) is 15.3. The quantitative estimate of drug-likeness (QED) is 0.176. The molecule has 1 fully saturated rings. The number of thiocarbonyl (C=S) groups is 1. The van der Waals surface area contributed by atoms with Crippen LogP contribution in [0.4, 0.5) is 11.4 Å². The van der Waals surface area contributed by atoms with E-state index in [9.17, 15) is 19.7 Å². The second-order valence-electron chi connectivity index (χ2n) is 5.79. The molecule has 8 nitrogen and oxygen atoms in total. The molecule has 0 saturated carbocycles. The average Bonchev–Trinajstić information content (AvgIpc) is 2.95. The van der Waals surface area contributed by atoms with Crippen molar-refractivity contribution >= 4 is 57.6 Å². The molecule has 0 aliphatic carbocycles. The maximum Gasteiger partial charge on any atom is 0.308 e. The molecule has 148 valence electrons. The van der Waals surface area contributed by atoms with Gasteiger partial charge in [-0.15, -0.1) is 0 Å². The Labute approximate surface area is 175 Å². The van der Waals surface area contributed by atoms with E-state index in [0.29, 0.717) is 26.2 Å². The van der Waals surface area contributed by atoms with Crippen molar-refractivity contribution in [2.45, 2.75) is 6.92 Å². The number of nitro benzene ring substituents is 1. The molecule has 0 bridgehead atoms. The third kappa shape index (κ3) is 4.44. The molecule has 10 heteroatoms. The van der Waals surface area contributed by atoms with Gasteiger partial charge < -0.3 is 9.47 Å². The highest BCUT2D eigenvalue weighted by Crippen LogP contribution is 2.37. The van der Waals surface area contributed by atoms with E-state index in [-0.39, 0.29) is 17.3 Å². The minimum Gasteiger partial charge on any atom is -0.493 e. The molecule has 0 N–H and O–H groups in total. The van der Waals surface area contributed by atoms with Crippen LogP contribution in [-0.4, -0.2) is 28.2 Å². The molecule has 2 aromatic carbocycles. The lowest BCUT2D eigenvalue weighted by Crippen LogP contribution is -2.27. The van der Waals surface area contributed by atoms with E-state index in [1.807, 2.05) is 0 Å². The molecule has 0 unspecified atom stereocenters. The van der Waals surface area contributed by atoms with E-state index in [4.69, 9.17) is 21.7 Å². The number of carbonyl (C=O) groups is 2. The van der Waals surface area contributed by atoms with Gasteiger partial charge in [-0.1, -0.05) is 30.0 Å². The number of rotatable bonds is 5. The Morgan fingerprint density at radius 1 is 1.21 bits per heavy atom. The molecule has 0 radical (unpaired) electrons. The second kappa shape index (κ2) is 8.41. The molecule has 1 heterocycles. The number of nitrogens with zero attached hydrogens (tertiary/aromatic N) is 2. The normalized spacial score (nSPS) is 15.0. The highest BCUT2D eigenvalue weighted by Gasteiger charge is 2.33. The molecule has 3 rings (SSSR count). The van der Waals surface area contributed by atoms with Gasteiger partial charge in [0.2, 0.25) is 0 Å². The monoisotopic (exact) mass is 430 g/mol. The predicted octanol–water partition coefficient (Wildman–Crippen LogP) is 3.93. The van der Waals surface area contributed by atoms with Crippen LogP contribution in [-0.2, 0) is 9.59 Å². The van der Waals surface area contributed by atoms with Gasteiger partial charge in [-0.05, 0) is 35.9 Å². The highest BCUT2D eigenvalue weighted by molar-refractivity contribution is 8.27. The fourth-order valence-corrected chi connectivity index (χ4v) is 3.88. The Kier molecular flexibility index (Phi) is 5.95. The fourth-order valence-electron chi connectivity index (χ4n) is 2.58. The number of non-ortho nitro benzene ring substituents is 1. The number of carbonyl (C=O) groups excluding carboxylic acids is 2. The van der Waals surface area contributed by atoms with Crippen molar-refractivity contribution in [1.82, 2.24) is 0 Å². The van der Waals surface area contributed by atoms with Crippen LogP contribution in [0.2, 0.25) is 0 Å². The van der Waals surface area contributed by atoms with Gasteiger partial charge in [0, 0.05) is 19.1 Å². The van der Waals surface area contributed by atoms with Crippen LogP contribution < -0.4 is 14.4 Å². The topological polar surface area (TPSA) is 99.0 Å². The van der Waals surface area contributed by atoms with Crippen molar-refractivity contribution in [3.63, 3.8) is 0 Å². The first kappa shape index (κ1) is 20.5. The third-order valence-electron chi connectivity index (χ3n) is 3.85. The van der Waals surface area contributed by atoms with Crippen LogP contribution in [0.15, 0.2) is 47.4 Å². The first-order chi connectivity index (χ1) is 13.8. The summed E-state index contributed by atoms with van der Waals surface area (Å²) >= 11 is 6.42. The summed E-state index contributed by atoms with van der Waals surface area (Å²) in [6.07, 6.45) is 1.64. The molecule has 1 aliphatic heterocycles. The molecular weight excluding hydrogens is 416 g/mol. The summed E-state index contributed by atoms with van der Waals surface area (Å²) in [5.74, 6) is -0.188. The largest absolute Gasteiger partial charge is 0.493 e. The molecule has 0 spiro atoms. The van der Waals surface area contributed by atoms with Crippen LogP contribution in [0.5, 0.6) is 11.5 Å². The number of amides is 1. The number of ether oxygens (including phenoxy) is 2. The van der Waals surface area contributed by atoms with Crippen molar-refractivity contribution in [3.05, 3.63) is 63.0 Å². The summed E-state index contributed by atoms with van der Waals surface area (Å²) in [7, 11) is 1.44. The lowest BCUT2D eigenvalue weighted by molar-refractivity contribution is -0.384. The zero-order chi connectivity index (χ0) is 21.1. The maximum atomic E-state index is 12.8. The van der Waals surface area contributed by atoms with Crippen molar-refractivity contribution in [2.75, 3.05) is 12.0 Å². The van der Waals surface area contributed by atoms with Gasteiger partial charge >= 0.3 is 5.97 Å². The van der Waals surface area contributed by atoms with Crippen LogP contribution in [0.3, 0.4) is 0 Å². The van der Waals surface area contributed by atoms with Crippen LogP contribution in [0, 0.1) is 10.1 Å². The van der Waals surface area contributed by atoms with Gasteiger partial charge in [-0.25, -0.2) is 0 Å². The van der Waals surface area contributed by atoms with Crippen LogP contribution in [0.1, 0.15) is 12.5 Å². The van der Waals surface area contributed by atoms with Crippen LogP contribution in [0.25, 0.3) is 6.08 Å². The van der Waals surface area contributed by atoms with Gasteiger partial charge in [0.25, 0.3) is 11.6 Å². The van der Waals surface area contributed by atoms with Gasteiger partial charge in [-0.2, -0.15) is 0 Å².